The predicted molar refractivity (Wildman–Crippen MR) is 43.4 cm³/mol. The lowest BCUT2D eigenvalue weighted by Crippen LogP contribution is -2.26. The fraction of sp³-hybridized carbons (Fsp3) is 0.600. The number of amides is 1. The monoisotopic (exact) mass is 178 g/mol. The summed E-state index contributed by atoms with van der Waals surface area (Å²) in [5, 5.41) is 12.0. The van der Waals surface area contributed by atoms with E-state index in [1.165, 1.54) is 7.05 Å². The second-order valence-electron chi connectivity index (χ2n) is 1.84. The summed E-state index contributed by atoms with van der Waals surface area (Å²) in [5.74, 6) is 0. The molecular weight excluding hydrogens is 168 g/mol. The molecule has 1 amide bonds. The molecule has 0 rings (SSSR count). The van der Waals surface area contributed by atoms with E-state index in [1.807, 2.05) is 0 Å². The van der Waals surface area contributed by atoms with Gasteiger partial charge in [0, 0.05) is 7.05 Å². The Labute approximate surface area is 70.0 Å². The molecule has 0 spiro atoms. The molecule has 0 aliphatic rings. The first kappa shape index (κ1) is 10.2. The number of hydrogen-bond acceptors (Lipinski definition) is 4. The van der Waals surface area contributed by atoms with Crippen molar-refractivity contribution in [1.82, 2.24) is 4.90 Å². The molecule has 0 aromatic heterocycles. The lowest BCUT2D eigenvalue weighted by molar-refractivity contribution is 0.0772. The van der Waals surface area contributed by atoms with Crippen molar-refractivity contribution in [2.75, 3.05) is 13.8 Å². The molecule has 0 aliphatic carbocycles. The maximum Gasteiger partial charge on any atom is 0.437 e. The Morgan fingerprint density at radius 3 is 2.73 bits per heavy atom. The maximum absolute atomic E-state index is 10.7. The zero-order valence-electron chi connectivity index (χ0n) is 6.31. The van der Waals surface area contributed by atoms with Crippen molar-refractivity contribution in [2.45, 2.75) is 6.92 Å². The molecule has 0 radical (unpaired) electrons. The minimum Gasteiger partial charge on any atom is -0.376 e. The zero-order chi connectivity index (χ0) is 8.85. The third-order valence-electron chi connectivity index (χ3n) is 0.780. The molecule has 64 valence electrons. The molecule has 5 nitrogen and oxygen atoms in total. The Kier molecular flexibility index (Phi) is 4.64. The molecule has 0 aromatic carbocycles. The molecule has 0 heterocycles. The molecular formula is C5H10N2O3S. The first-order chi connectivity index (χ1) is 5.07. The highest BCUT2D eigenvalue weighted by molar-refractivity contribution is 7.96. The van der Waals surface area contributed by atoms with Gasteiger partial charge in [-0.25, -0.2) is 4.79 Å². The van der Waals surface area contributed by atoms with Gasteiger partial charge in [0.25, 0.3) is 0 Å². The van der Waals surface area contributed by atoms with E-state index in [9.17, 15) is 4.79 Å². The van der Waals surface area contributed by atoms with E-state index >= 15 is 0 Å². The molecule has 0 bridgehead atoms. The van der Waals surface area contributed by atoms with E-state index in [0.29, 0.717) is 5.04 Å². The second-order valence-corrected chi connectivity index (χ2v) is 2.48. The van der Waals surface area contributed by atoms with Gasteiger partial charge in [0.1, 0.15) is 11.8 Å². The van der Waals surface area contributed by atoms with Crippen LogP contribution in [0.4, 0.5) is 4.79 Å². The number of rotatable bonds is 2. The minimum absolute atomic E-state index is 0.338. The molecule has 0 saturated heterocycles. The summed E-state index contributed by atoms with van der Waals surface area (Å²) in [6.07, 6.45) is -0.721. The van der Waals surface area contributed by atoms with Gasteiger partial charge in [-0.2, -0.15) is 0 Å². The van der Waals surface area contributed by atoms with Crippen LogP contribution in [0.5, 0.6) is 0 Å². The lowest BCUT2D eigenvalue weighted by atomic mass is 10.9. The minimum atomic E-state index is -0.721. The molecule has 0 aromatic rings. The van der Waals surface area contributed by atoms with Gasteiger partial charge in [-0.15, -0.1) is 12.6 Å². The topological polar surface area (TPSA) is 62.1 Å². The van der Waals surface area contributed by atoms with Gasteiger partial charge in [0.05, 0.1) is 0 Å². The number of nitrogens with zero attached hydrogens (tertiary/aromatic N) is 2. The first-order valence-corrected chi connectivity index (χ1v) is 3.29. The smallest absolute Gasteiger partial charge is 0.376 e. The van der Waals surface area contributed by atoms with Crippen molar-refractivity contribution in [1.29, 1.82) is 0 Å². The normalized spacial score (nSPS) is 11.1. The Morgan fingerprint density at radius 1 is 1.82 bits per heavy atom. The Balaban J connectivity index is 3.79. The van der Waals surface area contributed by atoms with Crippen LogP contribution in [0.25, 0.3) is 0 Å². The molecule has 0 unspecified atom stereocenters. The fourth-order valence-corrected chi connectivity index (χ4v) is 0.273. The summed E-state index contributed by atoms with van der Waals surface area (Å²) in [6, 6.07) is 0. The third kappa shape index (κ3) is 4.63. The predicted octanol–water partition coefficient (Wildman–Crippen LogP) is 0.268. The maximum atomic E-state index is 10.7. The van der Waals surface area contributed by atoms with Gasteiger partial charge in [-0.1, -0.05) is 5.16 Å². The standard InChI is InChI=1S/C5H10N2O3S/c1-4(11)6-10-5(9)7(2)3-8/h8H,3H2,1-2H3,(H,6,11). The summed E-state index contributed by atoms with van der Waals surface area (Å²) in [4.78, 5) is 15.9. The first-order valence-electron chi connectivity index (χ1n) is 2.84. The number of carbonyl (C=O) groups is 1. The van der Waals surface area contributed by atoms with Crippen molar-refractivity contribution in [3.05, 3.63) is 0 Å². The van der Waals surface area contributed by atoms with E-state index in [4.69, 9.17) is 5.11 Å². The van der Waals surface area contributed by atoms with Crippen LogP contribution in [-0.2, 0) is 4.84 Å². The molecule has 11 heavy (non-hydrogen) atoms. The van der Waals surface area contributed by atoms with Crippen molar-refractivity contribution in [3.8, 4) is 0 Å². The quantitative estimate of drug-likeness (QED) is 0.159. The molecule has 6 heteroatoms. The zero-order valence-corrected chi connectivity index (χ0v) is 7.21. The van der Waals surface area contributed by atoms with Crippen molar-refractivity contribution in [2.24, 2.45) is 5.16 Å². The van der Waals surface area contributed by atoms with Crippen LogP contribution in [0.2, 0.25) is 0 Å². The van der Waals surface area contributed by atoms with Crippen molar-refractivity contribution < 1.29 is 14.7 Å². The van der Waals surface area contributed by atoms with Gasteiger partial charge in [0.2, 0.25) is 0 Å². The summed E-state index contributed by atoms with van der Waals surface area (Å²) >= 11 is 3.76. The van der Waals surface area contributed by atoms with E-state index in [0.717, 1.165) is 4.90 Å². The van der Waals surface area contributed by atoms with E-state index in [1.54, 1.807) is 6.92 Å². The third-order valence-corrected chi connectivity index (χ3v) is 0.861. The van der Waals surface area contributed by atoms with Gasteiger partial charge < -0.3 is 5.11 Å². The summed E-state index contributed by atoms with van der Waals surface area (Å²) in [6.45, 7) is 1.16. The van der Waals surface area contributed by atoms with Crippen LogP contribution in [0.1, 0.15) is 6.92 Å². The van der Waals surface area contributed by atoms with Crippen LogP contribution in [-0.4, -0.2) is 34.9 Å². The lowest BCUT2D eigenvalue weighted by Gasteiger charge is -2.09. The number of oxime groups is 1. The van der Waals surface area contributed by atoms with Gasteiger partial charge >= 0.3 is 6.09 Å². The number of carbonyl (C=O) groups excluding carboxylic acids is 1. The average Bonchev–Trinajstić information content (AvgIpc) is 1.98. The van der Waals surface area contributed by atoms with Crippen LogP contribution >= 0.6 is 12.6 Å². The van der Waals surface area contributed by atoms with Gasteiger partial charge in [-0.05, 0) is 6.92 Å². The second kappa shape index (κ2) is 4.97. The molecule has 0 atom stereocenters. The fourth-order valence-electron chi connectivity index (χ4n) is 0.233. The van der Waals surface area contributed by atoms with Crippen LogP contribution < -0.4 is 0 Å². The number of aliphatic hydroxyl groups excluding tert-OH is 1. The largest absolute Gasteiger partial charge is 0.437 e. The van der Waals surface area contributed by atoms with Crippen LogP contribution in [0.15, 0.2) is 5.16 Å². The van der Waals surface area contributed by atoms with E-state index < -0.39 is 12.8 Å². The highest BCUT2D eigenvalue weighted by Crippen LogP contribution is 1.91. The number of aliphatic hydroxyl groups is 1. The Bertz CT molecular complexity index is 167. The average molecular weight is 178 g/mol. The van der Waals surface area contributed by atoms with Gasteiger partial charge in [-0.3, -0.25) is 9.74 Å². The van der Waals surface area contributed by atoms with Crippen molar-refractivity contribution in [3.63, 3.8) is 0 Å². The van der Waals surface area contributed by atoms with Crippen LogP contribution in [0.3, 0.4) is 0 Å². The number of hydrogen-bond donors (Lipinski definition) is 2. The summed E-state index contributed by atoms with van der Waals surface area (Å²) in [7, 11) is 1.38. The Hall–Kier alpha value is -0.750. The van der Waals surface area contributed by atoms with E-state index in [-0.39, 0.29) is 0 Å². The molecule has 0 fully saturated rings. The highest BCUT2D eigenvalue weighted by atomic mass is 32.1. The van der Waals surface area contributed by atoms with E-state index in [2.05, 4.69) is 22.6 Å². The SMILES string of the molecule is CC(S)=NOC(=O)N(C)CO. The molecule has 0 saturated carbocycles. The number of thiol groups is 1. The molecule has 0 aliphatic heterocycles. The van der Waals surface area contributed by atoms with Crippen LogP contribution in [0, 0.1) is 0 Å². The molecule has 1 N–H and O–H groups in total. The van der Waals surface area contributed by atoms with Crippen molar-refractivity contribution >= 4 is 23.8 Å². The highest BCUT2D eigenvalue weighted by Gasteiger charge is 2.06. The summed E-state index contributed by atoms with van der Waals surface area (Å²) < 4.78 is 0. The summed E-state index contributed by atoms with van der Waals surface area (Å²) in [5.41, 5.74) is 0. The van der Waals surface area contributed by atoms with Gasteiger partial charge in [0.15, 0.2) is 0 Å². The Morgan fingerprint density at radius 2 is 2.36 bits per heavy atom.